The van der Waals surface area contributed by atoms with Crippen molar-refractivity contribution in [1.29, 1.82) is 0 Å². The molecule has 1 aliphatic carbocycles. The van der Waals surface area contributed by atoms with Crippen LogP contribution in [0.15, 0.2) is 0 Å². The van der Waals surface area contributed by atoms with E-state index in [1.165, 1.54) is 5.69 Å². The molecular weight excluding hydrogens is 342 g/mol. The molecule has 0 amide bonds. The third-order valence-electron chi connectivity index (χ3n) is 6.16. The lowest BCUT2D eigenvalue weighted by Gasteiger charge is -2.30. The number of ether oxygens (including phenoxy) is 2. The number of nitrogens with zero attached hydrogens (tertiary/aromatic N) is 3. The van der Waals surface area contributed by atoms with E-state index >= 15 is 0 Å². The average molecular weight is 380 g/mol. The van der Waals surface area contributed by atoms with E-state index in [0.717, 1.165) is 57.1 Å². The molecule has 1 aromatic heterocycles. The van der Waals surface area contributed by atoms with Crippen molar-refractivity contribution in [2.45, 2.75) is 110 Å². The number of fused-ring (bicyclic) bond motifs is 1. The lowest BCUT2D eigenvalue weighted by Crippen LogP contribution is -2.32. The summed E-state index contributed by atoms with van der Waals surface area (Å²) in [5.74, 6) is -0.315. The number of carbonyl (C=O) groups excluding carboxylic acids is 1. The van der Waals surface area contributed by atoms with Gasteiger partial charge in [-0.15, -0.1) is 5.10 Å². The predicted molar refractivity (Wildman–Crippen MR) is 106 cm³/mol. The smallest absolute Gasteiger partial charge is 0.332 e. The third kappa shape index (κ3) is 5.31. The van der Waals surface area contributed by atoms with Gasteiger partial charge in [-0.1, -0.05) is 38.8 Å². The van der Waals surface area contributed by atoms with Crippen LogP contribution in [0.2, 0.25) is 0 Å². The highest BCUT2D eigenvalue weighted by atomic mass is 16.6. The van der Waals surface area contributed by atoms with Crippen LogP contribution in [0.5, 0.6) is 0 Å². The van der Waals surface area contributed by atoms with Crippen molar-refractivity contribution in [3.05, 3.63) is 11.4 Å². The van der Waals surface area contributed by atoms with Crippen LogP contribution >= 0.6 is 0 Å². The van der Waals surface area contributed by atoms with Gasteiger partial charge in [-0.3, -0.25) is 0 Å². The van der Waals surface area contributed by atoms with Gasteiger partial charge in [0, 0.05) is 0 Å². The van der Waals surface area contributed by atoms with Gasteiger partial charge in [0.1, 0.15) is 24.0 Å². The van der Waals surface area contributed by atoms with Gasteiger partial charge in [0.2, 0.25) is 0 Å². The maximum absolute atomic E-state index is 12.2. The largest absolute Gasteiger partial charge is 0.458 e. The Bertz CT molecular complexity index is 620. The third-order valence-corrected chi connectivity index (χ3v) is 6.16. The SMILES string of the molecule is CCC(C)(C)OC(=O)COC1CCCCCc2c1nnn2C(C)(CC)CC. The van der Waals surface area contributed by atoms with Gasteiger partial charge in [0.25, 0.3) is 0 Å². The molecule has 0 saturated carbocycles. The molecule has 0 fully saturated rings. The highest BCUT2D eigenvalue weighted by Crippen LogP contribution is 2.33. The molecule has 0 N–H and O–H groups in total. The first-order valence-corrected chi connectivity index (χ1v) is 10.5. The lowest BCUT2D eigenvalue weighted by atomic mass is 9.93. The molecule has 1 heterocycles. The number of hydrogen-bond acceptors (Lipinski definition) is 5. The van der Waals surface area contributed by atoms with Crippen LogP contribution in [0, 0.1) is 0 Å². The molecule has 0 aliphatic heterocycles. The Kier molecular flexibility index (Phi) is 7.43. The highest BCUT2D eigenvalue weighted by Gasteiger charge is 2.32. The molecule has 0 bridgehead atoms. The topological polar surface area (TPSA) is 66.2 Å². The number of rotatable bonds is 8. The van der Waals surface area contributed by atoms with Gasteiger partial charge in [-0.2, -0.15) is 0 Å². The summed E-state index contributed by atoms with van der Waals surface area (Å²) in [6, 6.07) is 0. The minimum Gasteiger partial charge on any atom is -0.458 e. The van der Waals surface area contributed by atoms with Crippen molar-refractivity contribution < 1.29 is 14.3 Å². The Labute approximate surface area is 164 Å². The summed E-state index contributed by atoms with van der Waals surface area (Å²) >= 11 is 0. The van der Waals surface area contributed by atoms with Crippen molar-refractivity contribution in [1.82, 2.24) is 15.0 Å². The van der Waals surface area contributed by atoms with Crippen molar-refractivity contribution >= 4 is 5.97 Å². The van der Waals surface area contributed by atoms with Crippen LogP contribution in [-0.2, 0) is 26.2 Å². The lowest BCUT2D eigenvalue weighted by molar-refractivity contribution is -0.164. The van der Waals surface area contributed by atoms with E-state index in [1.807, 2.05) is 20.8 Å². The summed E-state index contributed by atoms with van der Waals surface area (Å²) < 4.78 is 13.6. The highest BCUT2D eigenvalue weighted by molar-refractivity contribution is 5.71. The van der Waals surface area contributed by atoms with E-state index in [1.54, 1.807) is 0 Å². The molecule has 6 nitrogen and oxygen atoms in total. The van der Waals surface area contributed by atoms with Crippen LogP contribution < -0.4 is 0 Å². The zero-order valence-electron chi connectivity index (χ0n) is 18.0. The van der Waals surface area contributed by atoms with Crippen LogP contribution in [0.1, 0.15) is 104 Å². The first kappa shape index (κ1) is 21.9. The van der Waals surface area contributed by atoms with Crippen LogP contribution in [0.3, 0.4) is 0 Å². The second-order valence-electron chi connectivity index (χ2n) is 8.52. The molecule has 0 saturated heterocycles. The van der Waals surface area contributed by atoms with Crippen LogP contribution in [0.25, 0.3) is 0 Å². The fourth-order valence-electron chi connectivity index (χ4n) is 3.46. The zero-order chi connectivity index (χ0) is 20.1. The zero-order valence-corrected chi connectivity index (χ0v) is 18.0. The fourth-order valence-corrected chi connectivity index (χ4v) is 3.46. The van der Waals surface area contributed by atoms with Crippen molar-refractivity contribution in [2.75, 3.05) is 6.61 Å². The Balaban J connectivity index is 2.18. The molecule has 2 rings (SSSR count). The first-order chi connectivity index (χ1) is 12.8. The van der Waals surface area contributed by atoms with Gasteiger partial charge in [0.05, 0.1) is 11.2 Å². The normalized spacial score (nSPS) is 18.5. The Morgan fingerprint density at radius 1 is 1.11 bits per heavy atom. The number of aromatic nitrogens is 3. The summed E-state index contributed by atoms with van der Waals surface area (Å²) in [4.78, 5) is 12.2. The van der Waals surface area contributed by atoms with E-state index in [-0.39, 0.29) is 24.2 Å². The molecular formula is C21H37N3O3. The van der Waals surface area contributed by atoms with Gasteiger partial charge in [0.15, 0.2) is 0 Å². The monoisotopic (exact) mass is 379 g/mol. The minimum atomic E-state index is -0.459. The molecule has 0 radical (unpaired) electrons. The molecule has 1 aliphatic rings. The Morgan fingerprint density at radius 3 is 2.44 bits per heavy atom. The fraction of sp³-hybridized carbons (Fsp3) is 0.857. The van der Waals surface area contributed by atoms with E-state index < -0.39 is 5.60 Å². The summed E-state index contributed by atoms with van der Waals surface area (Å²) in [5, 5.41) is 9.02. The van der Waals surface area contributed by atoms with E-state index in [0.29, 0.717) is 0 Å². The summed E-state index contributed by atoms with van der Waals surface area (Å²) in [6.45, 7) is 12.4. The number of esters is 1. The van der Waals surface area contributed by atoms with Crippen LogP contribution in [0.4, 0.5) is 0 Å². The Hall–Kier alpha value is -1.43. The molecule has 0 spiro atoms. The second-order valence-corrected chi connectivity index (χ2v) is 8.52. The van der Waals surface area contributed by atoms with Crippen LogP contribution in [-0.4, -0.2) is 33.2 Å². The van der Waals surface area contributed by atoms with E-state index in [2.05, 4.69) is 35.8 Å². The van der Waals surface area contributed by atoms with Gasteiger partial charge >= 0.3 is 5.97 Å². The summed E-state index contributed by atoms with van der Waals surface area (Å²) in [6.07, 6.45) is 7.79. The summed E-state index contributed by atoms with van der Waals surface area (Å²) in [5.41, 5.74) is 1.59. The molecule has 27 heavy (non-hydrogen) atoms. The van der Waals surface area contributed by atoms with Gasteiger partial charge < -0.3 is 9.47 Å². The second kappa shape index (κ2) is 9.18. The summed E-state index contributed by atoms with van der Waals surface area (Å²) in [7, 11) is 0. The first-order valence-electron chi connectivity index (χ1n) is 10.5. The quantitative estimate of drug-likeness (QED) is 0.612. The standard InChI is InChI=1S/C21H37N3O3/c1-7-20(4,5)27-18(25)15-26-17-14-12-10-11-13-16-19(17)22-23-24(16)21(6,8-2)9-3/h17H,7-15H2,1-6H3. The minimum absolute atomic E-state index is 0.0333. The van der Waals surface area contributed by atoms with E-state index in [9.17, 15) is 4.79 Å². The number of carbonyl (C=O) groups is 1. The Morgan fingerprint density at radius 2 is 1.81 bits per heavy atom. The molecule has 0 aromatic carbocycles. The average Bonchev–Trinajstić information content (AvgIpc) is 3.04. The molecule has 6 heteroatoms. The molecule has 1 aromatic rings. The molecule has 1 atom stereocenters. The maximum atomic E-state index is 12.2. The van der Waals surface area contributed by atoms with E-state index in [4.69, 9.17) is 9.47 Å². The van der Waals surface area contributed by atoms with Crippen molar-refractivity contribution in [2.24, 2.45) is 0 Å². The van der Waals surface area contributed by atoms with Crippen molar-refractivity contribution in [3.8, 4) is 0 Å². The number of hydrogen-bond donors (Lipinski definition) is 0. The van der Waals surface area contributed by atoms with Gasteiger partial charge in [-0.25, -0.2) is 9.48 Å². The van der Waals surface area contributed by atoms with Crippen molar-refractivity contribution in [3.63, 3.8) is 0 Å². The maximum Gasteiger partial charge on any atom is 0.332 e. The predicted octanol–water partition coefficient (Wildman–Crippen LogP) is 4.72. The van der Waals surface area contributed by atoms with Gasteiger partial charge in [-0.05, 0) is 59.3 Å². The molecule has 154 valence electrons. The molecule has 1 unspecified atom stereocenters.